The maximum Gasteiger partial charge on any atom is 0.264 e. The summed E-state index contributed by atoms with van der Waals surface area (Å²) in [5, 5.41) is 0.0515. The first kappa shape index (κ1) is 13.8. The molecule has 0 saturated heterocycles. The first-order valence-corrected chi connectivity index (χ1v) is 7.14. The van der Waals surface area contributed by atoms with Crippen LogP contribution in [0.2, 0.25) is 5.02 Å². The Labute approximate surface area is 115 Å². The van der Waals surface area contributed by atoms with Gasteiger partial charge in [-0.05, 0) is 36.8 Å². The van der Waals surface area contributed by atoms with Gasteiger partial charge in [0.2, 0.25) is 0 Å². The van der Waals surface area contributed by atoms with E-state index in [-0.39, 0.29) is 15.6 Å². The van der Waals surface area contributed by atoms with Crippen molar-refractivity contribution >= 4 is 27.3 Å². The highest BCUT2D eigenvalue weighted by Crippen LogP contribution is 2.23. The Kier molecular flexibility index (Phi) is 3.73. The highest BCUT2D eigenvalue weighted by atomic mass is 35.5. The minimum absolute atomic E-state index is 0.0515. The Bertz CT molecular complexity index is 699. The number of pyridine rings is 1. The smallest absolute Gasteiger partial charge is 0.264 e. The quantitative estimate of drug-likeness (QED) is 0.948. The molecule has 2 rings (SSSR count). The summed E-state index contributed by atoms with van der Waals surface area (Å²) in [4.78, 5) is 3.56. The number of hydrogen-bond donors (Lipinski definition) is 1. The van der Waals surface area contributed by atoms with Gasteiger partial charge >= 0.3 is 0 Å². The Morgan fingerprint density at radius 2 is 2.05 bits per heavy atom. The molecule has 1 heterocycles. The number of aromatic nitrogens is 1. The third-order valence-electron chi connectivity index (χ3n) is 2.32. The largest absolute Gasteiger partial charge is 0.279 e. The van der Waals surface area contributed by atoms with E-state index < -0.39 is 15.8 Å². The first-order chi connectivity index (χ1) is 8.88. The summed E-state index contributed by atoms with van der Waals surface area (Å²) >= 11 is 5.80. The van der Waals surface area contributed by atoms with E-state index in [9.17, 15) is 12.8 Å². The number of aryl methyl sites for hydroxylation is 1. The van der Waals surface area contributed by atoms with Gasteiger partial charge in [0.1, 0.15) is 10.7 Å². The second kappa shape index (κ2) is 5.14. The van der Waals surface area contributed by atoms with Gasteiger partial charge in [0, 0.05) is 12.4 Å². The van der Waals surface area contributed by atoms with Crippen LogP contribution < -0.4 is 4.72 Å². The Hall–Kier alpha value is -1.66. The van der Waals surface area contributed by atoms with Crippen molar-refractivity contribution < 1.29 is 12.8 Å². The molecule has 0 saturated carbocycles. The molecule has 100 valence electrons. The van der Waals surface area contributed by atoms with Crippen LogP contribution in [0.1, 0.15) is 5.56 Å². The molecule has 2 aromatic rings. The lowest BCUT2D eigenvalue weighted by atomic mass is 10.2. The van der Waals surface area contributed by atoms with Crippen molar-refractivity contribution in [3.8, 4) is 0 Å². The lowest BCUT2D eigenvalue weighted by molar-refractivity contribution is 0.600. The third-order valence-corrected chi connectivity index (χ3v) is 4.17. The maximum atomic E-state index is 13.2. The molecular weight excluding hydrogens is 291 g/mol. The van der Waals surface area contributed by atoms with E-state index in [1.165, 1.54) is 24.4 Å². The molecule has 7 heteroatoms. The van der Waals surface area contributed by atoms with E-state index in [2.05, 4.69) is 9.71 Å². The van der Waals surface area contributed by atoms with Crippen LogP contribution in [0, 0.1) is 12.7 Å². The number of sulfonamides is 1. The van der Waals surface area contributed by atoms with E-state index >= 15 is 0 Å². The topological polar surface area (TPSA) is 59.1 Å². The number of halogens is 2. The maximum absolute atomic E-state index is 13.2. The fourth-order valence-electron chi connectivity index (χ4n) is 1.57. The van der Waals surface area contributed by atoms with Crippen LogP contribution in [0.15, 0.2) is 41.6 Å². The normalized spacial score (nSPS) is 11.3. The predicted octanol–water partition coefficient (Wildman–Crippen LogP) is 2.98. The van der Waals surface area contributed by atoms with Crippen LogP contribution in [0.4, 0.5) is 10.1 Å². The van der Waals surface area contributed by atoms with Gasteiger partial charge in [-0.3, -0.25) is 9.71 Å². The number of anilines is 1. The van der Waals surface area contributed by atoms with Gasteiger partial charge in [-0.2, -0.15) is 0 Å². The van der Waals surface area contributed by atoms with Crippen molar-refractivity contribution in [2.75, 3.05) is 4.72 Å². The molecule has 0 spiro atoms. The van der Waals surface area contributed by atoms with Gasteiger partial charge in [0.25, 0.3) is 10.0 Å². The van der Waals surface area contributed by atoms with E-state index in [1.807, 2.05) is 0 Å². The molecule has 1 aromatic carbocycles. The fourth-order valence-corrected chi connectivity index (χ4v) is 3.04. The van der Waals surface area contributed by atoms with Crippen molar-refractivity contribution in [2.24, 2.45) is 0 Å². The number of rotatable bonds is 3. The minimum Gasteiger partial charge on any atom is -0.279 e. The molecule has 0 aliphatic rings. The molecule has 0 atom stereocenters. The van der Waals surface area contributed by atoms with Gasteiger partial charge in [-0.15, -0.1) is 0 Å². The molecule has 1 aromatic heterocycles. The second-order valence-corrected chi connectivity index (χ2v) is 5.99. The fraction of sp³-hybridized carbons (Fsp3) is 0.0833. The average molecular weight is 301 g/mol. The number of hydrogen-bond acceptors (Lipinski definition) is 3. The minimum atomic E-state index is -3.89. The van der Waals surface area contributed by atoms with Gasteiger partial charge in [-0.1, -0.05) is 11.6 Å². The van der Waals surface area contributed by atoms with Crippen LogP contribution in [0.3, 0.4) is 0 Å². The van der Waals surface area contributed by atoms with Crippen molar-refractivity contribution in [1.29, 1.82) is 0 Å². The van der Waals surface area contributed by atoms with Crippen LogP contribution in [0.5, 0.6) is 0 Å². The van der Waals surface area contributed by atoms with Crippen molar-refractivity contribution in [1.82, 2.24) is 4.98 Å². The zero-order valence-corrected chi connectivity index (χ0v) is 11.5. The summed E-state index contributed by atoms with van der Waals surface area (Å²) in [6, 6.07) is 5.28. The molecule has 4 nitrogen and oxygen atoms in total. The summed E-state index contributed by atoms with van der Waals surface area (Å²) in [6.45, 7) is 1.66. The molecule has 0 bridgehead atoms. The Balaban J connectivity index is 2.39. The Morgan fingerprint density at radius 3 is 2.68 bits per heavy atom. The predicted molar refractivity (Wildman–Crippen MR) is 71.2 cm³/mol. The lowest BCUT2D eigenvalue weighted by Crippen LogP contribution is -2.14. The molecule has 0 amide bonds. The molecule has 0 unspecified atom stereocenters. The molecule has 0 radical (unpaired) electrons. The van der Waals surface area contributed by atoms with Gasteiger partial charge < -0.3 is 0 Å². The molecule has 0 fully saturated rings. The Morgan fingerprint density at radius 1 is 1.32 bits per heavy atom. The highest BCUT2D eigenvalue weighted by molar-refractivity contribution is 7.92. The monoisotopic (exact) mass is 300 g/mol. The zero-order valence-electron chi connectivity index (χ0n) is 9.89. The molecular formula is C12H10ClFN2O2S. The third kappa shape index (κ3) is 3.21. The summed E-state index contributed by atoms with van der Waals surface area (Å²) in [5.74, 6) is -0.519. The summed E-state index contributed by atoms with van der Waals surface area (Å²) in [7, 11) is -3.89. The van der Waals surface area contributed by atoms with Gasteiger partial charge in [0.05, 0.1) is 10.7 Å². The molecule has 1 N–H and O–H groups in total. The van der Waals surface area contributed by atoms with Gasteiger partial charge in [-0.25, -0.2) is 12.8 Å². The van der Waals surface area contributed by atoms with Crippen molar-refractivity contribution in [3.05, 3.63) is 53.1 Å². The van der Waals surface area contributed by atoms with E-state index in [4.69, 9.17) is 11.6 Å². The highest BCUT2D eigenvalue weighted by Gasteiger charge is 2.18. The van der Waals surface area contributed by atoms with Gasteiger partial charge in [0.15, 0.2) is 0 Å². The first-order valence-electron chi connectivity index (χ1n) is 5.28. The summed E-state index contributed by atoms with van der Waals surface area (Å²) in [5.41, 5.74) is 0.743. The van der Waals surface area contributed by atoms with E-state index in [0.29, 0.717) is 5.56 Å². The van der Waals surface area contributed by atoms with E-state index in [0.717, 1.165) is 12.3 Å². The average Bonchev–Trinajstić information content (AvgIpc) is 2.26. The summed E-state index contributed by atoms with van der Waals surface area (Å²) in [6.07, 6.45) is 2.52. The zero-order chi connectivity index (χ0) is 14.0. The standard InChI is InChI=1S/C12H10ClFN2O2S/c1-8-4-9(14)6-10(5-8)16-19(17,18)12-7-15-3-2-11(12)13/h2-7,16H,1H3. The van der Waals surface area contributed by atoms with Crippen molar-refractivity contribution in [3.63, 3.8) is 0 Å². The van der Waals surface area contributed by atoms with Crippen LogP contribution in [-0.2, 0) is 10.0 Å². The lowest BCUT2D eigenvalue weighted by Gasteiger charge is -2.09. The van der Waals surface area contributed by atoms with Crippen LogP contribution >= 0.6 is 11.6 Å². The summed E-state index contributed by atoms with van der Waals surface area (Å²) < 4.78 is 39.7. The molecule has 19 heavy (non-hydrogen) atoms. The van der Waals surface area contributed by atoms with Crippen LogP contribution in [0.25, 0.3) is 0 Å². The molecule has 0 aliphatic heterocycles. The van der Waals surface area contributed by atoms with Crippen LogP contribution in [-0.4, -0.2) is 13.4 Å². The second-order valence-electron chi connectivity index (χ2n) is 3.93. The number of nitrogens with one attached hydrogen (secondary N) is 1. The van der Waals surface area contributed by atoms with E-state index in [1.54, 1.807) is 6.92 Å². The van der Waals surface area contributed by atoms with Crippen molar-refractivity contribution in [2.45, 2.75) is 11.8 Å². The number of nitrogens with zero attached hydrogens (tertiary/aromatic N) is 1. The molecule has 0 aliphatic carbocycles. The SMILES string of the molecule is Cc1cc(F)cc(NS(=O)(=O)c2cnccc2Cl)c1. The number of benzene rings is 1.